The van der Waals surface area contributed by atoms with Gasteiger partial charge in [-0.15, -0.1) is 10.2 Å². The van der Waals surface area contributed by atoms with Crippen molar-refractivity contribution in [1.29, 1.82) is 0 Å². The van der Waals surface area contributed by atoms with Crippen LogP contribution in [0.1, 0.15) is 45.4 Å². The molecule has 0 radical (unpaired) electrons. The molecule has 0 aliphatic carbocycles. The highest BCUT2D eigenvalue weighted by molar-refractivity contribution is 6.06. The second-order valence-electron chi connectivity index (χ2n) is 4.58. The van der Waals surface area contributed by atoms with Crippen LogP contribution in [0.4, 0.5) is 0 Å². The first-order valence-corrected chi connectivity index (χ1v) is 6.59. The number of amides is 1. The molecule has 0 saturated heterocycles. The third-order valence-corrected chi connectivity index (χ3v) is 3.18. The number of nitrogens with zero attached hydrogens (tertiary/aromatic N) is 4. The maximum absolute atomic E-state index is 12.5. The highest BCUT2D eigenvalue weighted by Crippen LogP contribution is 2.30. The van der Waals surface area contributed by atoms with Crippen molar-refractivity contribution in [1.82, 2.24) is 25.9 Å². The molecule has 0 aliphatic heterocycles. The van der Waals surface area contributed by atoms with E-state index >= 15 is 0 Å². The molecular weight excluding hydrogens is 262 g/mol. The van der Waals surface area contributed by atoms with Gasteiger partial charge in [0.1, 0.15) is 5.41 Å². The summed E-state index contributed by atoms with van der Waals surface area (Å²) in [7, 11) is 0. The van der Waals surface area contributed by atoms with Gasteiger partial charge in [0.2, 0.25) is 5.91 Å². The van der Waals surface area contributed by atoms with E-state index in [-0.39, 0.29) is 18.3 Å². The third-order valence-electron chi connectivity index (χ3n) is 3.18. The molecule has 0 aliphatic rings. The van der Waals surface area contributed by atoms with Crippen LogP contribution >= 0.6 is 0 Å². The van der Waals surface area contributed by atoms with Gasteiger partial charge in [-0.05, 0) is 12.8 Å². The van der Waals surface area contributed by atoms with Crippen LogP contribution in [0.5, 0.6) is 0 Å². The first-order chi connectivity index (χ1) is 9.60. The molecule has 0 atom stereocenters. The predicted molar refractivity (Wildman–Crippen MR) is 71.7 cm³/mol. The molecule has 1 rings (SSSR count). The second-order valence-corrected chi connectivity index (χ2v) is 4.58. The lowest BCUT2D eigenvalue weighted by Gasteiger charge is -2.30. The number of aromatic amines is 1. The van der Waals surface area contributed by atoms with Gasteiger partial charge in [0.25, 0.3) is 0 Å². The van der Waals surface area contributed by atoms with E-state index < -0.39 is 5.41 Å². The minimum atomic E-state index is -0.998. The smallest absolute Gasteiger partial charge is 0.234 e. The molecule has 1 heterocycles. The number of carbonyl (C=O) groups excluding carboxylic acids is 1. The van der Waals surface area contributed by atoms with E-state index in [1.54, 1.807) is 0 Å². The van der Waals surface area contributed by atoms with Crippen molar-refractivity contribution in [2.45, 2.75) is 46.1 Å². The summed E-state index contributed by atoms with van der Waals surface area (Å²) < 4.78 is 0. The minimum Gasteiger partial charge on any atom is -0.409 e. The third kappa shape index (κ3) is 3.43. The summed E-state index contributed by atoms with van der Waals surface area (Å²) in [6.07, 6.45) is 2.50. The molecule has 112 valence electrons. The van der Waals surface area contributed by atoms with Crippen LogP contribution in [0.15, 0.2) is 5.16 Å². The molecule has 0 aromatic carbocycles. The number of nitrogens with one attached hydrogen (secondary N) is 2. The Bertz CT molecular complexity index is 438. The summed E-state index contributed by atoms with van der Waals surface area (Å²) in [6.45, 7) is 4.03. The predicted octanol–water partition coefficient (Wildman–Crippen LogP) is 0.149. The Morgan fingerprint density at radius 3 is 2.55 bits per heavy atom. The number of carbonyl (C=O) groups is 1. The topological polar surface area (TPSA) is 142 Å². The van der Waals surface area contributed by atoms with Crippen molar-refractivity contribution in [2.24, 2.45) is 16.3 Å². The molecule has 1 aromatic rings. The Kier molecular flexibility index (Phi) is 5.88. The van der Waals surface area contributed by atoms with E-state index in [0.29, 0.717) is 18.7 Å². The normalized spacial score (nSPS) is 12.4. The molecule has 20 heavy (non-hydrogen) atoms. The van der Waals surface area contributed by atoms with Crippen LogP contribution in [0.2, 0.25) is 0 Å². The largest absolute Gasteiger partial charge is 0.409 e. The van der Waals surface area contributed by atoms with Crippen molar-refractivity contribution in [3.63, 3.8) is 0 Å². The molecule has 1 amide bonds. The van der Waals surface area contributed by atoms with Gasteiger partial charge < -0.3 is 16.3 Å². The molecule has 1 aromatic heterocycles. The number of oxime groups is 1. The lowest BCUT2D eigenvalue weighted by Crippen LogP contribution is -2.49. The Morgan fingerprint density at radius 1 is 1.45 bits per heavy atom. The van der Waals surface area contributed by atoms with Crippen LogP contribution in [0.3, 0.4) is 0 Å². The number of amidine groups is 1. The van der Waals surface area contributed by atoms with Gasteiger partial charge in [0.05, 0.1) is 6.54 Å². The second kappa shape index (κ2) is 7.41. The first-order valence-electron chi connectivity index (χ1n) is 6.59. The Labute approximate surface area is 117 Å². The summed E-state index contributed by atoms with van der Waals surface area (Å²) in [6, 6.07) is 0. The van der Waals surface area contributed by atoms with Crippen LogP contribution in [0, 0.1) is 5.41 Å². The Hall–Kier alpha value is -2.19. The molecule has 0 saturated carbocycles. The average molecular weight is 283 g/mol. The molecule has 0 unspecified atom stereocenters. The monoisotopic (exact) mass is 283 g/mol. The maximum Gasteiger partial charge on any atom is 0.234 e. The zero-order valence-electron chi connectivity index (χ0n) is 11.8. The van der Waals surface area contributed by atoms with Crippen molar-refractivity contribution >= 4 is 11.7 Å². The molecule has 0 bridgehead atoms. The maximum atomic E-state index is 12.5. The van der Waals surface area contributed by atoms with Crippen molar-refractivity contribution in [3.05, 3.63) is 5.82 Å². The lowest BCUT2D eigenvalue weighted by molar-refractivity contribution is -0.128. The number of aromatic nitrogens is 4. The quantitative estimate of drug-likeness (QED) is 0.231. The lowest BCUT2D eigenvalue weighted by atomic mass is 9.77. The highest BCUT2D eigenvalue weighted by atomic mass is 16.4. The van der Waals surface area contributed by atoms with Crippen molar-refractivity contribution < 1.29 is 10.0 Å². The van der Waals surface area contributed by atoms with E-state index in [1.165, 1.54) is 0 Å². The number of hydrogen-bond donors (Lipinski definition) is 4. The number of hydrogen-bond acceptors (Lipinski definition) is 6. The number of rotatable bonds is 8. The van der Waals surface area contributed by atoms with Gasteiger partial charge in [0.15, 0.2) is 11.7 Å². The van der Waals surface area contributed by atoms with Crippen molar-refractivity contribution in [3.8, 4) is 0 Å². The van der Waals surface area contributed by atoms with Crippen LogP contribution in [-0.2, 0) is 11.3 Å². The van der Waals surface area contributed by atoms with Gasteiger partial charge in [-0.1, -0.05) is 37.1 Å². The van der Waals surface area contributed by atoms with Gasteiger partial charge in [-0.3, -0.25) is 4.79 Å². The fourth-order valence-electron chi connectivity index (χ4n) is 2.26. The van der Waals surface area contributed by atoms with Gasteiger partial charge in [-0.2, -0.15) is 5.21 Å². The van der Waals surface area contributed by atoms with E-state index in [0.717, 1.165) is 12.8 Å². The molecular formula is C11H21N7O2. The molecule has 0 fully saturated rings. The number of H-pyrrole nitrogens is 1. The SMILES string of the molecule is CCCC(CCC)(C(=O)NCc1nn[nH]n1)C(N)=NO. The van der Waals surface area contributed by atoms with E-state index in [2.05, 4.69) is 31.1 Å². The zero-order valence-corrected chi connectivity index (χ0v) is 11.8. The van der Waals surface area contributed by atoms with Crippen molar-refractivity contribution in [2.75, 3.05) is 0 Å². The summed E-state index contributed by atoms with van der Waals surface area (Å²) in [4.78, 5) is 12.5. The molecule has 9 nitrogen and oxygen atoms in total. The van der Waals surface area contributed by atoms with E-state index in [9.17, 15) is 4.79 Å². The number of tetrazole rings is 1. The van der Waals surface area contributed by atoms with Crippen LogP contribution in [-0.4, -0.2) is 37.6 Å². The Morgan fingerprint density at radius 2 is 2.10 bits per heavy atom. The zero-order chi connectivity index (χ0) is 15.0. The highest BCUT2D eigenvalue weighted by Gasteiger charge is 2.41. The summed E-state index contributed by atoms with van der Waals surface area (Å²) >= 11 is 0. The van der Waals surface area contributed by atoms with Gasteiger partial charge >= 0.3 is 0 Å². The van der Waals surface area contributed by atoms with Crippen LogP contribution < -0.4 is 11.1 Å². The molecule has 0 spiro atoms. The minimum absolute atomic E-state index is 0.0631. The summed E-state index contributed by atoms with van der Waals surface area (Å²) in [5.41, 5.74) is 4.77. The van der Waals surface area contributed by atoms with E-state index in [4.69, 9.17) is 10.9 Å². The summed E-state index contributed by atoms with van der Waals surface area (Å²) in [5, 5.41) is 28.0. The standard InChI is InChI=1S/C11H21N7O2/c1-3-5-11(6-4-2,9(12)16-20)10(19)13-7-8-14-17-18-15-8/h20H,3-7H2,1-2H3,(H2,12,16)(H,13,19)(H,14,15,17,18). The summed E-state index contributed by atoms with van der Waals surface area (Å²) in [5.74, 6) is 0.0212. The van der Waals surface area contributed by atoms with E-state index in [1.807, 2.05) is 13.8 Å². The van der Waals surface area contributed by atoms with Gasteiger partial charge in [-0.25, -0.2) is 0 Å². The fourth-order valence-corrected chi connectivity index (χ4v) is 2.26. The Balaban J connectivity index is 2.87. The average Bonchev–Trinajstić information content (AvgIpc) is 2.96. The first kappa shape index (κ1) is 15.9. The van der Waals surface area contributed by atoms with Crippen LogP contribution in [0.25, 0.3) is 0 Å². The fraction of sp³-hybridized carbons (Fsp3) is 0.727. The van der Waals surface area contributed by atoms with Gasteiger partial charge in [0, 0.05) is 0 Å². The number of nitrogens with two attached hydrogens (primary N) is 1. The molecule has 5 N–H and O–H groups in total. The molecule has 9 heteroatoms.